The Morgan fingerprint density at radius 2 is 1.26 bits per heavy atom. The van der Waals surface area contributed by atoms with Gasteiger partial charge in [0.15, 0.2) is 0 Å². The Balaban J connectivity index is 1.13. The van der Waals surface area contributed by atoms with Crippen molar-refractivity contribution < 1.29 is 14.7 Å². The van der Waals surface area contributed by atoms with E-state index in [2.05, 4.69) is 25.9 Å². The second kappa shape index (κ2) is 11.2. The van der Waals surface area contributed by atoms with Gasteiger partial charge >= 0.3 is 0 Å². The number of aliphatic hydroxyl groups excluding tert-OH is 1. The topological polar surface area (TPSA) is 112 Å². The first kappa shape index (κ1) is 25.0. The summed E-state index contributed by atoms with van der Waals surface area (Å²) >= 11 is 0. The van der Waals surface area contributed by atoms with Crippen LogP contribution in [0.25, 0.3) is 0 Å². The Kier molecular flexibility index (Phi) is 7.37. The number of benzene rings is 3. The fourth-order valence-corrected chi connectivity index (χ4v) is 4.33. The summed E-state index contributed by atoms with van der Waals surface area (Å²) in [6.07, 6.45) is 4.51. The average molecular weight is 511 g/mol. The van der Waals surface area contributed by atoms with Crippen LogP contribution in [0.2, 0.25) is 0 Å². The molecule has 0 saturated carbocycles. The molecule has 0 unspecified atom stereocenters. The minimum atomic E-state index is -0.213. The Morgan fingerprint density at radius 1 is 0.763 bits per heavy atom. The largest absolute Gasteiger partial charge is 0.393 e. The molecule has 1 aliphatic heterocycles. The highest BCUT2D eigenvalue weighted by atomic mass is 16.3. The first-order valence-electron chi connectivity index (χ1n) is 12.5. The number of amides is 2. The number of aromatic nitrogens is 2. The minimum absolute atomic E-state index is 0.171. The quantitative estimate of drug-likeness (QED) is 0.289. The van der Waals surface area contributed by atoms with E-state index in [4.69, 9.17) is 0 Å². The SMILES string of the molecule is Cn1cc(C(=O)Nc2ccc(Nc3ccc(NC(=O)c4ccc(N5CCC(O)CC5)cc4)cc3)cc2)cn1. The highest BCUT2D eigenvalue weighted by Crippen LogP contribution is 2.23. The van der Waals surface area contributed by atoms with E-state index in [1.165, 1.54) is 6.20 Å². The molecule has 4 aromatic rings. The van der Waals surface area contributed by atoms with Gasteiger partial charge in [0.25, 0.3) is 11.8 Å². The second-order valence-corrected chi connectivity index (χ2v) is 9.36. The molecule has 2 heterocycles. The number of carbonyl (C=O) groups excluding carboxylic acids is 2. The van der Waals surface area contributed by atoms with E-state index >= 15 is 0 Å². The normalized spacial score (nSPS) is 13.7. The predicted molar refractivity (Wildman–Crippen MR) is 149 cm³/mol. The Hall–Kier alpha value is -4.63. The van der Waals surface area contributed by atoms with E-state index in [1.807, 2.05) is 72.8 Å². The van der Waals surface area contributed by atoms with Crippen LogP contribution in [0.5, 0.6) is 0 Å². The second-order valence-electron chi connectivity index (χ2n) is 9.36. The van der Waals surface area contributed by atoms with Gasteiger partial charge in [-0.2, -0.15) is 5.10 Å². The number of nitrogens with zero attached hydrogens (tertiary/aromatic N) is 3. The third kappa shape index (κ3) is 6.19. The zero-order valence-electron chi connectivity index (χ0n) is 21.1. The van der Waals surface area contributed by atoms with Crippen molar-refractivity contribution in [1.29, 1.82) is 0 Å². The van der Waals surface area contributed by atoms with Gasteiger partial charge in [0.05, 0.1) is 17.9 Å². The first-order chi connectivity index (χ1) is 18.4. The van der Waals surface area contributed by atoms with Crippen LogP contribution in [0.3, 0.4) is 0 Å². The van der Waals surface area contributed by atoms with Crippen molar-refractivity contribution in [2.24, 2.45) is 7.05 Å². The van der Waals surface area contributed by atoms with Crippen LogP contribution in [0.15, 0.2) is 85.2 Å². The molecule has 5 rings (SSSR count). The van der Waals surface area contributed by atoms with Crippen molar-refractivity contribution in [2.75, 3.05) is 33.9 Å². The molecule has 0 spiro atoms. The Morgan fingerprint density at radius 3 is 1.76 bits per heavy atom. The van der Waals surface area contributed by atoms with Crippen molar-refractivity contribution in [1.82, 2.24) is 9.78 Å². The van der Waals surface area contributed by atoms with E-state index in [9.17, 15) is 14.7 Å². The molecule has 1 aromatic heterocycles. The molecule has 1 fully saturated rings. The number of rotatable bonds is 7. The molecular weight excluding hydrogens is 480 g/mol. The number of nitrogens with one attached hydrogen (secondary N) is 3. The fourth-order valence-electron chi connectivity index (χ4n) is 4.33. The monoisotopic (exact) mass is 510 g/mol. The lowest BCUT2D eigenvalue weighted by atomic mass is 10.1. The third-order valence-corrected chi connectivity index (χ3v) is 6.50. The molecule has 0 atom stereocenters. The third-order valence-electron chi connectivity index (χ3n) is 6.50. The molecule has 9 heteroatoms. The Labute approximate surface area is 221 Å². The highest BCUT2D eigenvalue weighted by molar-refractivity contribution is 6.05. The highest BCUT2D eigenvalue weighted by Gasteiger charge is 2.17. The van der Waals surface area contributed by atoms with Gasteiger partial charge in [0, 0.05) is 60.3 Å². The fraction of sp³-hybridized carbons (Fsp3) is 0.207. The average Bonchev–Trinajstić information content (AvgIpc) is 3.38. The van der Waals surface area contributed by atoms with Gasteiger partial charge in [-0.3, -0.25) is 14.3 Å². The minimum Gasteiger partial charge on any atom is -0.393 e. The standard InChI is InChI=1S/C29H30N6O3/c1-34-19-21(18-30-34)29(38)33-25-10-6-23(7-11-25)31-22-4-8-24(9-5-22)32-28(37)20-2-12-26(13-3-20)35-16-14-27(36)15-17-35/h2-13,18-19,27,31,36H,14-17H2,1H3,(H,32,37)(H,33,38). The maximum Gasteiger partial charge on any atom is 0.258 e. The van der Waals surface area contributed by atoms with E-state index in [0.717, 1.165) is 43.0 Å². The van der Waals surface area contributed by atoms with Crippen molar-refractivity contribution in [2.45, 2.75) is 18.9 Å². The van der Waals surface area contributed by atoms with Crippen LogP contribution in [0, 0.1) is 0 Å². The molecular formula is C29H30N6O3. The van der Waals surface area contributed by atoms with Gasteiger partial charge in [-0.15, -0.1) is 0 Å². The van der Waals surface area contributed by atoms with Gasteiger partial charge < -0.3 is 26.0 Å². The van der Waals surface area contributed by atoms with Gasteiger partial charge in [0.2, 0.25) is 0 Å². The molecule has 1 aliphatic rings. The number of anilines is 5. The van der Waals surface area contributed by atoms with Crippen LogP contribution < -0.4 is 20.9 Å². The summed E-state index contributed by atoms with van der Waals surface area (Å²) < 4.78 is 1.58. The summed E-state index contributed by atoms with van der Waals surface area (Å²) in [7, 11) is 1.76. The zero-order chi connectivity index (χ0) is 26.5. The molecule has 0 bridgehead atoms. The van der Waals surface area contributed by atoms with Crippen LogP contribution in [-0.2, 0) is 7.05 Å². The summed E-state index contributed by atoms with van der Waals surface area (Å²) in [5.41, 5.74) is 5.26. The predicted octanol–water partition coefficient (Wildman–Crippen LogP) is 4.63. The van der Waals surface area contributed by atoms with Gasteiger partial charge in [-0.1, -0.05) is 0 Å². The molecule has 9 nitrogen and oxygen atoms in total. The summed E-state index contributed by atoms with van der Waals surface area (Å²) in [6, 6.07) is 22.4. The smallest absolute Gasteiger partial charge is 0.258 e. The summed E-state index contributed by atoms with van der Waals surface area (Å²) in [4.78, 5) is 27.2. The molecule has 4 N–H and O–H groups in total. The lowest BCUT2D eigenvalue weighted by Crippen LogP contribution is -2.35. The Bertz CT molecular complexity index is 1390. The molecule has 2 amide bonds. The van der Waals surface area contributed by atoms with Crippen LogP contribution in [-0.4, -0.2) is 45.9 Å². The summed E-state index contributed by atoms with van der Waals surface area (Å²) in [5.74, 6) is -0.384. The maximum atomic E-state index is 12.7. The van der Waals surface area contributed by atoms with Crippen molar-refractivity contribution in [3.05, 3.63) is 96.3 Å². The van der Waals surface area contributed by atoms with Gasteiger partial charge in [0.1, 0.15) is 0 Å². The summed E-state index contributed by atoms with van der Waals surface area (Å²) in [5, 5.41) is 22.8. The van der Waals surface area contributed by atoms with E-state index in [0.29, 0.717) is 22.5 Å². The molecule has 3 aromatic carbocycles. The van der Waals surface area contributed by atoms with Crippen LogP contribution in [0.4, 0.5) is 28.4 Å². The maximum absolute atomic E-state index is 12.7. The summed E-state index contributed by atoms with van der Waals surface area (Å²) in [6.45, 7) is 1.64. The molecule has 0 aliphatic carbocycles. The lowest BCUT2D eigenvalue weighted by molar-refractivity contribution is 0.101. The molecule has 194 valence electrons. The number of hydrogen-bond acceptors (Lipinski definition) is 6. The number of carbonyl (C=O) groups is 2. The van der Waals surface area contributed by atoms with Crippen molar-refractivity contribution in [3.63, 3.8) is 0 Å². The van der Waals surface area contributed by atoms with Gasteiger partial charge in [-0.05, 0) is 85.6 Å². The number of hydrogen-bond donors (Lipinski definition) is 4. The van der Waals surface area contributed by atoms with E-state index < -0.39 is 0 Å². The molecule has 1 saturated heterocycles. The van der Waals surface area contributed by atoms with E-state index in [1.54, 1.807) is 17.9 Å². The van der Waals surface area contributed by atoms with Gasteiger partial charge in [-0.25, -0.2) is 0 Å². The number of piperidine rings is 1. The molecule has 0 radical (unpaired) electrons. The van der Waals surface area contributed by atoms with Crippen molar-refractivity contribution >= 4 is 40.3 Å². The van der Waals surface area contributed by atoms with Crippen molar-refractivity contribution in [3.8, 4) is 0 Å². The van der Waals surface area contributed by atoms with Crippen LogP contribution in [0.1, 0.15) is 33.6 Å². The first-order valence-corrected chi connectivity index (χ1v) is 12.5. The van der Waals surface area contributed by atoms with E-state index in [-0.39, 0.29) is 17.9 Å². The zero-order valence-corrected chi connectivity index (χ0v) is 21.1. The van der Waals surface area contributed by atoms with Crippen LogP contribution >= 0.6 is 0 Å². The number of aliphatic hydroxyl groups is 1. The molecule has 38 heavy (non-hydrogen) atoms. The number of aryl methyl sites for hydroxylation is 1. The lowest BCUT2D eigenvalue weighted by Gasteiger charge is -2.31.